The van der Waals surface area contributed by atoms with Crippen LogP contribution in [-0.2, 0) is 5.92 Å². The second-order valence-electron chi connectivity index (χ2n) is 3.81. The van der Waals surface area contributed by atoms with Crippen LogP contribution in [0.2, 0.25) is 5.02 Å². The fraction of sp³-hybridized carbons (Fsp3) is 0.400. The predicted molar refractivity (Wildman–Crippen MR) is 53.6 cm³/mol. The normalized spacial score (nSPS) is 13.0. The molecule has 14 heavy (non-hydrogen) atoms. The molecule has 1 rings (SSSR count). The lowest BCUT2D eigenvalue weighted by molar-refractivity contribution is -0.0672. The average molecular weight is 220 g/mol. The first-order valence-corrected chi connectivity index (χ1v) is 4.55. The summed E-state index contributed by atoms with van der Waals surface area (Å²) in [5, 5.41) is 0.284. The minimum Gasteiger partial charge on any atom is -0.320 e. The minimum atomic E-state index is -3.09. The Morgan fingerprint density at radius 3 is 2.29 bits per heavy atom. The first-order chi connectivity index (χ1) is 6.25. The zero-order valence-electron chi connectivity index (χ0n) is 8.02. The van der Waals surface area contributed by atoms with Gasteiger partial charge in [-0.1, -0.05) is 23.7 Å². The molecule has 0 radical (unpaired) electrons. The van der Waals surface area contributed by atoms with Gasteiger partial charge >= 0.3 is 0 Å². The van der Waals surface area contributed by atoms with E-state index in [-0.39, 0.29) is 10.6 Å². The van der Waals surface area contributed by atoms with Gasteiger partial charge in [-0.3, -0.25) is 0 Å². The highest BCUT2D eigenvalue weighted by atomic mass is 35.5. The molecule has 0 spiro atoms. The van der Waals surface area contributed by atoms with Gasteiger partial charge in [0, 0.05) is 10.6 Å². The van der Waals surface area contributed by atoms with Gasteiger partial charge in [-0.15, -0.1) is 0 Å². The van der Waals surface area contributed by atoms with Crippen molar-refractivity contribution >= 4 is 11.6 Å². The van der Waals surface area contributed by atoms with Crippen molar-refractivity contribution in [2.45, 2.75) is 25.3 Å². The van der Waals surface area contributed by atoms with Crippen LogP contribution in [0.5, 0.6) is 0 Å². The monoisotopic (exact) mass is 219 g/mol. The molecule has 0 saturated carbocycles. The molecule has 1 nitrogen and oxygen atoms in total. The standard InChI is InChI=1S/C10H12ClF2N/c1-9(2,14)10(12,13)7-4-3-5-8(11)6-7/h3-6H,14H2,1-2H3. The number of alkyl halides is 2. The quantitative estimate of drug-likeness (QED) is 0.813. The van der Waals surface area contributed by atoms with Crippen molar-refractivity contribution in [2.24, 2.45) is 5.73 Å². The van der Waals surface area contributed by atoms with Gasteiger partial charge in [0.2, 0.25) is 0 Å². The fourth-order valence-corrected chi connectivity index (χ4v) is 1.25. The van der Waals surface area contributed by atoms with E-state index < -0.39 is 11.5 Å². The second kappa shape index (κ2) is 3.48. The molecule has 78 valence electrons. The highest BCUT2D eigenvalue weighted by Crippen LogP contribution is 2.37. The lowest BCUT2D eigenvalue weighted by atomic mass is 9.91. The lowest BCUT2D eigenvalue weighted by Gasteiger charge is -2.30. The van der Waals surface area contributed by atoms with Gasteiger partial charge in [0.1, 0.15) is 0 Å². The summed E-state index contributed by atoms with van der Waals surface area (Å²) in [6.07, 6.45) is 0. The maximum Gasteiger partial charge on any atom is 0.290 e. The molecule has 0 fully saturated rings. The number of hydrogen-bond acceptors (Lipinski definition) is 1. The number of nitrogens with two attached hydrogens (primary N) is 1. The molecule has 0 saturated heterocycles. The Kier molecular flexibility index (Phi) is 2.83. The van der Waals surface area contributed by atoms with Crippen molar-refractivity contribution in [3.63, 3.8) is 0 Å². The molecule has 0 bridgehead atoms. The van der Waals surface area contributed by atoms with Crippen LogP contribution in [0.25, 0.3) is 0 Å². The fourth-order valence-electron chi connectivity index (χ4n) is 1.06. The molecule has 0 aliphatic rings. The molecule has 0 unspecified atom stereocenters. The molecular weight excluding hydrogens is 208 g/mol. The summed E-state index contributed by atoms with van der Waals surface area (Å²) in [6, 6.07) is 5.58. The summed E-state index contributed by atoms with van der Waals surface area (Å²) in [6.45, 7) is 2.57. The van der Waals surface area contributed by atoms with E-state index >= 15 is 0 Å². The number of halogens is 3. The first kappa shape index (κ1) is 11.4. The van der Waals surface area contributed by atoms with E-state index in [1.165, 1.54) is 32.0 Å². The summed E-state index contributed by atoms with van der Waals surface area (Å²) in [5.74, 6) is -3.09. The van der Waals surface area contributed by atoms with Gasteiger partial charge in [-0.25, -0.2) is 0 Å². The van der Waals surface area contributed by atoms with E-state index in [9.17, 15) is 8.78 Å². The van der Waals surface area contributed by atoms with Crippen molar-refractivity contribution in [1.82, 2.24) is 0 Å². The van der Waals surface area contributed by atoms with Crippen LogP contribution in [0.1, 0.15) is 19.4 Å². The van der Waals surface area contributed by atoms with Gasteiger partial charge in [0.05, 0.1) is 5.54 Å². The van der Waals surface area contributed by atoms with Crippen molar-refractivity contribution in [2.75, 3.05) is 0 Å². The Morgan fingerprint density at radius 2 is 1.86 bits per heavy atom. The smallest absolute Gasteiger partial charge is 0.290 e. The molecule has 0 aromatic heterocycles. The van der Waals surface area contributed by atoms with Gasteiger partial charge < -0.3 is 5.73 Å². The molecule has 1 aromatic rings. The first-order valence-electron chi connectivity index (χ1n) is 4.18. The highest BCUT2D eigenvalue weighted by molar-refractivity contribution is 6.30. The van der Waals surface area contributed by atoms with E-state index in [4.69, 9.17) is 17.3 Å². The van der Waals surface area contributed by atoms with Crippen molar-refractivity contribution in [3.05, 3.63) is 34.9 Å². The molecule has 0 atom stereocenters. The number of hydrogen-bond donors (Lipinski definition) is 1. The molecule has 2 N–H and O–H groups in total. The molecule has 4 heteroatoms. The highest BCUT2D eigenvalue weighted by Gasteiger charge is 2.45. The third-order valence-electron chi connectivity index (χ3n) is 2.00. The van der Waals surface area contributed by atoms with Gasteiger partial charge in [0.25, 0.3) is 5.92 Å². The molecular formula is C10H12ClF2N. The second-order valence-corrected chi connectivity index (χ2v) is 4.24. The minimum absolute atomic E-state index is 0.155. The number of benzene rings is 1. The Hall–Kier alpha value is -0.670. The van der Waals surface area contributed by atoms with Crippen LogP contribution in [0.15, 0.2) is 24.3 Å². The van der Waals surface area contributed by atoms with Crippen LogP contribution in [-0.4, -0.2) is 5.54 Å². The zero-order chi connectivity index (χ0) is 11.0. The van der Waals surface area contributed by atoms with Crippen molar-refractivity contribution in [1.29, 1.82) is 0 Å². The van der Waals surface area contributed by atoms with E-state index in [0.29, 0.717) is 0 Å². The Labute approximate surface area is 86.9 Å². The maximum absolute atomic E-state index is 13.7. The topological polar surface area (TPSA) is 26.0 Å². The zero-order valence-corrected chi connectivity index (χ0v) is 8.78. The van der Waals surface area contributed by atoms with Crippen LogP contribution in [0.4, 0.5) is 8.78 Å². The van der Waals surface area contributed by atoms with Gasteiger partial charge in [-0.05, 0) is 26.0 Å². The summed E-state index contributed by atoms with van der Waals surface area (Å²) in [4.78, 5) is 0. The molecule has 0 heterocycles. The molecule has 1 aromatic carbocycles. The average Bonchev–Trinajstić information content (AvgIpc) is 2.02. The molecule has 0 aliphatic carbocycles. The third-order valence-corrected chi connectivity index (χ3v) is 2.23. The van der Waals surface area contributed by atoms with Gasteiger partial charge in [0.15, 0.2) is 0 Å². The number of rotatable bonds is 2. The van der Waals surface area contributed by atoms with Crippen LogP contribution in [0, 0.1) is 0 Å². The molecule has 0 aliphatic heterocycles. The summed E-state index contributed by atoms with van der Waals surface area (Å²) < 4.78 is 27.3. The van der Waals surface area contributed by atoms with Crippen LogP contribution < -0.4 is 5.73 Å². The van der Waals surface area contributed by atoms with E-state index in [1.807, 2.05) is 0 Å². The van der Waals surface area contributed by atoms with Gasteiger partial charge in [-0.2, -0.15) is 8.78 Å². The predicted octanol–water partition coefficient (Wildman–Crippen LogP) is 3.17. The molecule has 0 amide bonds. The van der Waals surface area contributed by atoms with Crippen LogP contribution >= 0.6 is 11.6 Å². The Morgan fingerprint density at radius 1 is 1.29 bits per heavy atom. The van der Waals surface area contributed by atoms with Crippen molar-refractivity contribution < 1.29 is 8.78 Å². The summed E-state index contributed by atoms with van der Waals surface area (Å²) >= 11 is 5.63. The Bertz CT molecular complexity index is 331. The van der Waals surface area contributed by atoms with Crippen molar-refractivity contribution in [3.8, 4) is 0 Å². The van der Waals surface area contributed by atoms with E-state index in [2.05, 4.69) is 0 Å². The summed E-state index contributed by atoms with van der Waals surface area (Å²) in [7, 11) is 0. The SMILES string of the molecule is CC(C)(N)C(F)(F)c1cccc(Cl)c1. The Balaban J connectivity index is 3.16. The van der Waals surface area contributed by atoms with E-state index in [0.717, 1.165) is 0 Å². The third kappa shape index (κ3) is 2.04. The summed E-state index contributed by atoms with van der Waals surface area (Å²) in [5.41, 5.74) is 3.65. The van der Waals surface area contributed by atoms with Crippen LogP contribution in [0.3, 0.4) is 0 Å². The maximum atomic E-state index is 13.7. The van der Waals surface area contributed by atoms with E-state index in [1.54, 1.807) is 6.07 Å². The largest absolute Gasteiger partial charge is 0.320 e. The lowest BCUT2D eigenvalue weighted by Crippen LogP contribution is -2.48.